The van der Waals surface area contributed by atoms with Gasteiger partial charge in [-0.3, -0.25) is 9.48 Å². The maximum absolute atomic E-state index is 12.8. The summed E-state index contributed by atoms with van der Waals surface area (Å²) in [6.07, 6.45) is 1.79. The van der Waals surface area contributed by atoms with Crippen LogP contribution in [0, 0.1) is 6.92 Å². The maximum Gasteiger partial charge on any atom is 0.257 e. The number of carbonyl (C=O) groups is 1. The predicted molar refractivity (Wildman–Crippen MR) is 102 cm³/mol. The Labute approximate surface area is 153 Å². The van der Waals surface area contributed by atoms with Gasteiger partial charge in [-0.1, -0.05) is 60.2 Å². The zero-order valence-electron chi connectivity index (χ0n) is 15.1. The lowest BCUT2D eigenvalue weighted by Gasteiger charge is -2.15. The Hall–Kier alpha value is -2.92. The van der Waals surface area contributed by atoms with Crippen LogP contribution in [0.5, 0.6) is 0 Å². The highest BCUT2D eigenvalue weighted by Crippen LogP contribution is 2.24. The number of aliphatic hydroxyl groups is 1. The van der Waals surface area contributed by atoms with Crippen molar-refractivity contribution in [2.75, 3.05) is 20.2 Å². The van der Waals surface area contributed by atoms with Crippen LogP contribution in [0.4, 0.5) is 0 Å². The molecule has 0 spiro atoms. The fourth-order valence-electron chi connectivity index (χ4n) is 2.81. The van der Waals surface area contributed by atoms with Crippen molar-refractivity contribution >= 4 is 5.91 Å². The third-order valence-electron chi connectivity index (χ3n) is 4.29. The van der Waals surface area contributed by atoms with E-state index in [9.17, 15) is 4.79 Å². The van der Waals surface area contributed by atoms with Crippen LogP contribution in [0.1, 0.15) is 21.5 Å². The SMILES string of the molecule is Cc1ccc(-c2nn(Cc3ccccc3)cc2C(=O)N(C)CCO)cc1. The molecule has 0 radical (unpaired) electrons. The lowest BCUT2D eigenvalue weighted by molar-refractivity contribution is 0.0767. The van der Waals surface area contributed by atoms with E-state index in [0.717, 1.165) is 16.7 Å². The summed E-state index contributed by atoms with van der Waals surface area (Å²) in [7, 11) is 1.69. The van der Waals surface area contributed by atoms with E-state index in [2.05, 4.69) is 5.10 Å². The van der Waals surface area contributed by atoms with Gasteiger partial charge in [0.15, 0.2) is 0 Å². The van der Waals surface area contributed by atoms with Crippen LogP contribution in [0.2, 0.25) is 0 Å². The normalized spacial score (nSPS) is 10.7. The number of hydrogen-bond donors (Lipinski definition) is 1. The first-order valence-corrected chi connectivity index (χ1v) is 8.63. The predicted octanol–water partition coefficient (Wildman–Crippen LogP) is 2.97. The van der Waals surface area contributed by atoms with Gasteiger partial charge in [-0.2, -0.15) is 5.10 Å². The monoisotopic (exact) mass is 349 g/mol. The van der Waals surface area contributed by atoms with Gasteiger partial charge in [-0.15, -0.1) is 0 Å². The van der Waals surface area contributed by atoms with E-state index >= 15 is 0 Å². The highest BCUT2D eigenvalue weighted by molar-refractivity contribution is 5.99. The van der Waals surface area contributed by atoms with E-state index in [4.69, 9.17) is 5.11 Å². The van der Waals surface area contributed by atoms with Gasteiger partial charge in [0.05, 0.1) is 18.7 Å². The molecular weight excluding hydrogens is 326 g/mol. The van der Waals surface area contributed by atoms with Crippen molar-refractivity contribution in [3.63, 3.8) is 0 Å². The molecule has 26 heavy (non-hydrogen) atoms. The second kappa shape index (κ2) is 7.97. The van der Waals surface area contributed by atoms with Crippen molar-refractivity contribution in [2.45, 2.75) is 13.5 Å². The number of amides is 1. The zero-order valence-corrected chi connectivity index (χ0v) is 15.1. The van der Waals surface area contributed by atoms with Gasteiger partial charge in [0.2, 0.25) is 0 Å². The number of aromatic nitrogens is 2. The molecule has 2 aromatic carbocycles. The van der Waals surface area contributed by atoms with Crippen LogP contribution < -0.4 is 0 Å². The molecule has 1 aromatic heterocycles. The Kier molecular flexibility index (Phi) is 5.49. The second-order valence-electron chi connectivity index (χ2n) is 6.39. The molecule has 0 saturated carbocycles. The molecule has 3 aromatic rings. The van der Waals surface area contributed by atoms with E-state index < -0.39 is 0 Å². The summed E-state index contributed by atoms with van der Waals surface area (Å²) in [6.45, 7) is 2.84. The Morgan fingerprint density at radius 1 is 1.12 bits per heavy atom. The molecule has 0 aliphatic rings. The number of aryl methyl sites for hydroxylation is 1. The summed E-state index contributed by atoms with van der Waals surface area (Å²) in [6, 6.07) is 18.0. The van der Waals surface area contributed by atoms with E-state index in [-0.39, 0.29) is 19.1 Å². The summed E-state index contributed by atoms with van der Waals surface area (Å²) in [5.74, 6) is -0.145. The first kappa shape index (κ1) is 17.9. The third-order valence-corrected chi connectivity index (χ3v) is 4.29. The van der Waals surface area contributed by atoms with Gasteiger partial charge in [-0.25, -0.2) is 0 Å². The summed E-state index contributed by atoms with van der Waals surface area (Å²) >= 11 is 0. The van der Waals surface area contributed by atoms with Crippen LogP contribution in [0.15, 0.2) is 60.8 Å². The van der Waals surface area contributed by atoms with Gasteiger partial charge < -0.3 is 10.0 Å². The molecule has 134 valence electrons. The number of aliphatic hydroxyl groups excluding tert-OH is 1. The van der Waals surface area contributed by atoms with Crippen molar-refractivity contribution in [1.29, 1.82) is 0 Å². The number of hydrogen-bond acceptors (Lipinski definition) is 3. The molecule has 5 heteroatoms. The van der Waals surface area contributed by atoms with Crippen molar-refractivity contribution in [1.82, 2.24) is 14.7 Å². The molecule has 0 saturated heterocycles. The molecule has 0 fully saturated rings. The Morgan fingerprint density at radius 2 is 1.81 bits per heavy atom. The minimum absolute atomic E-state index is 0.0692. The second-order valence-corrected chi connectivity index (χ2v) is 6.39. The fraction of sp³-hybridized carbons (Fsp3) is 0.238. The largest absolute Gasteiger partial charge is 0.395 e. The first-order valence-electron chi connectivity index (χ1n) is 8.63. The minimum Gasteiger partial charge on any atom is -0.395 e. The number of benzene rings is 2. The number of carbonyl (C=O) groups excluding carboxylic acids is 1. The van der Waals surface area contributed by atoms with Crippen molar-refractivity contribution in [2.24, 2.45) is 0 Å². The number of likely N-dealkylation sites (N-methyl/N-ethyl adjacent to an activating group) is 1. The van der Waals surface area contributed by atoms with Gasteiger partial charge >= 0.3 is 0 Å². The van der Waals surface area contributed by atoms with Crippen LogP contribution in [0.3, 0.4) is 0 Å². The van der Waals surface area contributed by atoms with E-state index in [1.165, 1.54) is 4.90 Å². The average molecular weight is 349 g/mol. The van der Waals surface area contributed by atoms with Gasteiger partial charge in [0.25, 0.3) is 5.91 Å². The summed E-state index contributed by atoms with van der Waals surface area (Å²) in [4.78, 5) is 14.3. The topological polar surface area (TPSA) is 58.4 Å². The number of rotatable bonds is 6. The number of nitrogens with zero attached hydrogens (tertiary/aromatic N) is 3. The van der Waals surface area contributed by atoms with Gasteiger partial charge in [-0.05, 0) is 12.5 Å². The Morgan fingerprint density at radius 3 is 2.46 bits per heavy atom. The minimum atomic E-state index is -0.145. The van der Waals surface area contributed by atoms with E-state index in [1.54, 1.807) is 17.9 Å². The fourth-order valence-corrected chi connectivity index (χ4v) is 2.81. The standard InChI is InChI=1S/C21H23N3O2/c1-16-8-10-18(11-9-16)20-19(21(26)23(2)12-13-25)15-24(22-20)14-17-6-4-3-5-7-17/h3-11,15,25H,12-14H2,1-2H3. The molecular formula is C21H23N3O2. The van der Waals surface area contributed by atoms with Crippen LogP contribution in [-0.2, 0) is 6.54 Å². The smallest absolute Gasteiger partial charge is 0.257 e. The van der Waals surface area contributed by atoms with Crippen LogP contribution in [-0.4, -0.2) is 45.9 Å². The molecule has 0 atom stereocenters. The highest BCUT2D eigenvalue weighted by Gasteiger charge is 2.21. The van der Waals surface area contributed by atoms with Crippen molar-refractivity contribution in [3.05, 3.63) is 77.5 Å². The molecule has 0 aliphatic heterocycles. The Bertz CT molecular complexity index is 870. The van der Waals surface area contributed by atoms with Crippen molar-refractivity contribution in [3.8, 4) is 11.3 Å². The lowest BCUT2D eigenvalue weighted by Crippen LogP contribution is -2.29. The summed E-state index contributed by atoms with van der Waals surface area (Å²) in [5, 5.41) is 13.8. The molecule has 0 aliphatic carbocycles. The molecule has 5 nitrogen and oxygen atoms in total. The maximum atomic E-state index is 12.8. The third kappa shape index (κ3) is 4.00. The van der Waals surface area contributed by atoms with Crippen molar-refractivity contribution < 1.29 is 9.90 Å². The average Bonchev–Trinajstić information content (AvgIpc) is 3.06. The van der Waals surface area contributed by atoms with Gasteiger partial charge in [0, 0.05) is 25.4 Å². The van der Waals surface area contributed by atoms with Crippen LogP contribution >= 0.6 is 0 Å². The van der Waals surface area contributed by atoms with E-state index in [1.807, 2.05) is 61.5 Å². The summed E-state index contributed by atoms with van der Waals surface area (Å²) < 4.78 is 1.80. The molecule has 1 heterocycles. The Balaban J connectivity index is 1.99. The lowest BCUT2D eigenvalue weighted by atomic mass is 10.1. The van der Waals surface area contributed by atoms with Crippen LogP contribution in [0.25, 0.3) is 11.3 Å². The molecule has 1 amide bonds. The first-order chi connectivity index (χ1) is 12.6. The van der Waals surface area contributed by atoms with Gasteiger partial charge in [0.1, 0.15) is 5.69 Å². The highest BCUT2D eigenvalue weighted by atomic mass is 16.3. The molecule has 0 bridgehead atoms. The van der Waals surface area contributed by atoms with E-state index in [0.29, 0.717) is 17.8 Å². The quantitative estimate of drug-likeness (QED) is 0.744. The zero-order chi connectivity index (χ0) is 18.5. The molecule has 1 N–H and O–H groups in total. The summed E-state index contributed by atoms with van der Waals surface area (Å²) in [5.41, 5.74) is 4.38. The molecule has 0 unspecified atom stereocenters. The molecule has 3 rings (SSSR count).